The molecule has 0 saturated carbocycles. The van der Waals surface area contributed by atoms with E-state index in [-0.39, 0.29) is 18.2 Å². The minimum absolute atomic E-state index is 0.00876. The SMILES string of the molecule is CS(=O)(=O)NCC1CCCCN1C(=O)c1ccc(Br)cc1F. The number of halogens is 2. The molecule has 1 atom stereocenters. The first-order chi connectivity index (χ1) is 10.3. The third kappa shape index (κ3) is 4.50. The predicted octanol–water partition coefficient (Wildman–Crippen LogP) is 2.13. The average Bonchev–Trinajstić information content (AvgIpc) is 2.44. The summed E-state index contributed by atoms with van der Waals surface area (Å²) in [7, 11) is -3.32. The third-order valence-electron chi connectivity index (χ3n) is 3.63. The molecule has 1 aromatic rings. The highest BCUT2D eigenvalue weighted by atomic mass is 79.9. The number of hydrogen-bond donors (Lipinski definition) is 1. The zero-order chi connectivity index (χ0) is 16.3. The minimum Gasteiger partial charge on any atom is -0.334 e. The molecule has 22 heavy (non-hydrogen) atoms. The number of amides is 1. The monoisotopic (exact) mass is 392 g/mol. The topological polar surface area (TPSA) is 66.5 Å². The van der Waals surface area contributed by atoms with Gasteiger partial charge >= 0.3 is 0 Å². The van der Waals surface area contributed by atoms with Crippen LogP contribution in [0.2, 0.25) is 0 Å². The summed E-state index contributed by atoms with van der Waals surface area (Å²) in [5.41, 5.74) is 0.00876. The molecule has 5 nitrogen and oxygen atoms in total. The summed E-state index contributed by atoms with van der Waals surface area (Å²) in [5, 5.41) is 0. The molecule has 1 saturated heterocycles. The van der Waals surface area contributed by atoms with Crippen molar-refractivity contribution >= 4 is 31.9 Å². The summed E-state index contributed by atoms with van der Waals surface area (Å²) in [6.07, 6.45) is 3.53. The van der Waals surface area contributed by atoms with Crippen molar-refractivity contribution in [1.29, 1.82) is 0 Å². The Morgan fingerprint density at radius 1 is 1.45 bits per heavy atom. The fraction of sp³-hybridized carbons (Fsp3) is 0.500. The summed E-state index contributed by atoms with van der Waals surface area (Å²) in [6, 6.07) is 4.06. The van der Waals surface area contributed by atoms with Gasteiger partial charge in [0.25, 0.3) is 5.91 Å². The van der Waals surface area contributed by atoms with Crippen molar-refractivity contribution < 1.29 is 17.6 Å². The van der Waals surface area contributed by atoms with E-state index in [2.05, 4.69) is 20.7 Å². The van der Waals surface area contributed by atoms with Crippen LogP contribution in [0.5, 0.6) is 0 Å². The summed E-state index contributed by atoms with van der Waals surface area (Å²) >= 11 is 3.16. The fourth-order valence-corrected chi connectivity index (χ4v) is 3.37. The van der Waals surface area contributed by atoms with Gasteiger partial charge in [0, 0.05) is 23.6 Å². The third-order valence-corrected chi connectivity index (χ3v) is 4.81. The van der Waals surface area contributed by atoms with Crippen molar-refractivity contribution in [1.82, 2.24) is 9.62 Å². The second-order valence-electron chi connectivity index (χ2n) is 5.39. The molecule has 1 unspecified atom stereocenters. The molecule has 1 amide bonds. The van der Waals surface area contributed by atoms with E-state index in [1.807, 2.05) is 0 Å². The smallest absolute Gasteiger partial charge is 0.257 e. The van der Waals surface area contributed by atoms with Crippen molar-refractivity contribution in [3.8, 4) is 0 Å². The van der Waals surface area contributed by atoms with Gasteiger partial charge in [-0.3, -0.25) is 4.79 Å². The van der Waals surface area contributed by atoms with E-state index < -0.39 is 21.7 Å². The first kappa shape index (κ1) is 17.4. The van der Waals surface area contributed by atoms with Crippen LogP contribution < -0.4 is 4.72 Å². The molecule has 0 bridgehead atoms. The zero-order valence-electron chi connectivity index (χ0n) is 12.2. The van der Waals surface area contributed by atoms with Crippen molar-refractivity contribution in [2.24, 2.45) is 0 Å². The Morgan fingerprint density at radius 2 is 2.18 bits per heavy atom. The van der Waals surface area contributed by atoms with Crippen LogP contribution in [0.15, 0.2) is 22.7 Å². The Kier molecular flexibility index (Phi) is 5.57. The average molecular weight is 393 g/mol. The molecule has 1 fully saturated rings. The second-order valence-corrected chi connectivity index (χ2v) is 8.14. The van der Waals surface area contributed by atoms with Gasteiger partial charge in [0.15, 0.2) is 0 Å². The molecule has 0 spiro atoms. The van der Waals surface area contributed by atoms with Crippen LogP contribution in [0.4, 0.5) is 4.39 Å². The molecule has 0 aromatic heterocycles. The van der Waals surface area contributed by atoms with E-state index in [9.17, 15) is 17.6 Å². The van der Waals surface area contributed by atoms with Crippen LogP contribution >= 0.6 is 15.9 Å². The summed E-state index contributed by atoms with van der Waals surface area (Å²) in [6.45, 7) is 0.660. The van der Waals surface area contributed by atoms with E-state index in [4.69, 9.17) is 0 Å². The second kappa shape index (κ2) is 7.06. The minimum atomic E-state index is -3.32. The summed E-state index contributed by atoms with van der Waals surface area (Å²) in [4.78, 5) is 14.1. The maximum atomic E-state index is 14.0. The van der Waals surface area contributed by atoms with Gasteiger partial charge in [0.05, 0.1) is 11.8 Å². The van der Waals surface area contributed by atoms with Crippen molar-refractivity contribution in [2.75, 3.05) is 19.3 Å². The number of hydrogen-bond acceptors (Lipinski definition) is 3. The Morgan fingerprint density at radius 3 is 2.82 bits per heavy atom. The molecule has 122 valence electrons. The molecular formula is C14H18BrFN2O3S. The van der Waals surface area contributed by atoms with E-state index in [0.29, 0.717) is 17.4 Å². The molecule has 1 aliphatic heterocycles. The molecule has 1 aromatic carbocycles. The Balaban J connectivity index is 2.17. The Labute approximate surface area is 138 Å². The highest BCUT2D eigenvalue weighted by Gasteiger charge is 2.29. The summed E-state index contributed by atoms with van der Waals surface area (Å²) < 4.78 is 39.4. The molecule has 0 radical (unpaired) electrons. The van der Waals surface area contributed by atoms with Crippen LogP contribution in [0, 0.1) is 5.82 Å². The van der Waals surface area contributed by atoms with Gasteiger partial charge in [-0.2, -0.15) is 0 Å². The van der Waals surface area contributed by atoms with Crippen LogP contribution in [0.3, 0.4) is 0 Å². The molecule has 2 rings (SSSR count). The number of sulfonamides is 1. The summed E-state index contributed by atoms with van der Waals surface area (Å²) in [5.74, 6) is -0.982. The van der Waals surface area contributed by atoms with E-state index in [1.165, 1.54) is 12.1 Å². The highest BCUT2D eigenvalue weighted by molar-refractivity contribution is 9.10. The van der Waals surface area contributed by atoms with Gasteiger partial charge in [0.2, 0.25) is 10.0 Å². The van der Waals surface area contributed by atoms with Gasteiger partial charge in [0.1, 0.15) is 5.82 Å². The number of carbonyl (C=O) groups is 1. The maximum Gasteiger partial charge on any atom is 0.257 e. The number of likely N-dealkylation sites (tertiary alicyclic amines) is 1. The van der Waals surface area contributed by atoms with E-state index in [1.54, 1.807) is 11.0 Å². The molecule has 8 heteroatoms. The number of nitrogens with zero attached hydrogens (tertiary/aromatic N) is 1. The van der Waals surface area contributed by atoms with Crippen LogP contribution in [-0.4, -0.2) is 44.6 Å². The van der Waals surface area contributed by atoms with E-state index >= 15 is 0 Å². The zero-order valence-corrected chi connectivity index (χ0v) is 14.6. The lowest BCUT2D eigenvalue weighted by Gasteiger charge is -2.36. The van der Waals surface area contributed by atoms with Crippen LogP contribution in [-0.2, 0) is 10.0 Å². The standard InChI is InChI=1S/C14H18BrFN2O3S/c1-22(20,21)17-9-11-4-2-3-7-18(11)14(19)12-6-5-10(15)8-13(12)16/h5-6,8,11,17H,2-4,7,9H2,1H3. The largest absolute Gasteiger partial charge is 0.334 e. The molecular weight excluding hydrogens is 375 g/mol. The molecule has 1 heterocycles. The fourth-order valence-electron chi connectivity index (χ4n) is 2.55. The van der Waals surface area contributed by atoms with Crippen molar-refractivity contribution in [3.05, 3.63) is 34.1 Å². The number of benzene rings is 1. The van der Waals surface area contributed by atoms with Crippen LogP contribution in [0.1, 0.15) is 29.6 Å². The van der Waals surface area contributed by atoms with Gasteiger partial charge in [-0.15, -0.1) is 0 Å². The Bertz CT molecular complexity index is 666. The normalized spacial score (nSPS) is 19.2. The van der Waals surface area contributed by atoms with Gasteiger partial charge < -0.3 is 4.90 Å². The number of piperidine rings is 1. The predicted molar refractivity (Wildman–Crippen MR) is 85.6 cm³/mol. The molecule has 1 N–H and O–H groups in total. The first-order valence-corrected chi connectivity index (χ1v) is 9.67. The molecule has 0 aliphatic carbocycles. The van der Waals surface area contributed by atoms with Crippen molar-refractivity contribution in [2.45, 2.75) is 25.3 Å². The van der Waals surface area contributed by atoms with Gasteiger partial charge in [-0.1, -0.05) is 15.9 Å². The highest BCUT2D eigenvalue weighted by Crippen LogP contribution is 2.22. The first-order valence-electron chi connectivity index (χ1n) is 6.98. The quantitative estimate of drug-likeness (QED) is 0.853. The number of nitrogens with one attached hydrogen (secondary N) is 1. The molecule has 1 aliphatic rings. The lowest BCUT2D eigenvalue weighted by atomic mass is 10.0. The lowest BCUT2D eigenvalue weighted by molar-refractivity contribution is 0.0614. The lowest BCUT2D eigenvalue weighted by Crippen LogP contribution is -2.49. The maximum absolute atomic E-state index is 14.0. The van der Waals surface area contributed by atoms with E-state index in [0.717, 1.165) is 19.1 Å². The van der Waals surface area contributed by atoms with Gasteiger partial charge in [-0.05, 0) is 37.5 Å². The van der Waals surface area contributed by atoms with Gasteiger partial charge in [-0.25, -0.2) is 17.5 Å². The Hall–Kier alpha value is -0.990. The van der Waals surface area contributed by atoms with Crippen LogP contribution in [0.25, 0.3) is 0 Å². The number of rotatable bonds is 4. The number of carbonyl (C=O) groups excluding carboxylic acids is 1. The van der Waals surface area contributed by atoms with Crippen molar-refractivity contribution in [3.63, 3.8) is 0 Å².